The highest BCUT2D eigenvalue weighted by molar-refractivity contribution is 5.81. The summed E-state index contributed by atoms with van der Waals surface area (Å²) >= 11 is 0. The SMILES string of the molecule is CCC1C[C@@H]1c1ccc2onc(C(F)(F)F)c2c1. The molecule has 1 unspecified atom stereocenters. The first-order chi connectivity index (χ1) is 8.50. The predicted molar refractivity (Wildman–Crippen MR) is 60.2 cm³/mol. The Morgan fingerprint density at radius 3 is 2.78 bits per heavy atom. The van der Waals surface area contributed by atoms with Crippen LogP contribution in [-0.2, 0) is 6.18 Å². The van der Waals surface area contributed by atoms with E-state index in [1.807, 2.05) is 6.07 Å². The molecule has 2 aromatic rings. The van der Waals surface area contributed by atoms with Gasteiger partial charge in [-0.25, -0.2) is 0 Å². The molecule has 0 spiro atoms. The summed E-state index contributed by atoms with van der Waals surface area (Å²) in [5, 5.41) is 3.20. The van der Waals surface area contributed by atoms with E-state index in [1.54, 1.807) is 12.1 Å². The third kappa shape index (κ3) is 1.78. The molecule has 1 aromatic heterocycles. The molecule has 18 heavy (non-hydrogen) atoms. The number of fused-ring (bicyclic) bond motifs is 1. The van der Waals surface area contributed by atoms with Gasteiger partial charge < -0.3 is 4.52 Å². The van der Waals surface area contributed by atoms with Crippen LogP contribution in [0.25, 0.3) is 11.0 Å². The molecule has 1 aromatic carbocycles. The Balaban J connectivity index is 2.05. The van der Waals surface area contributed by atoms with E-state index < -0.39 is 11.9 Å². The second kappa shape index (κ2) is 3.73. The number of nitrogens with zero attached hydrogens (tertiary/aromatic N) is 1. The molecule has 96 valence electrons. The molecule has 1 heterocycles. The lowest BCUT2D eigenvalue weighted by Gasteiger charge is -2.03. The zero-order valence-electron chi connectivity index (χ0n) is 9.79. The number of alkyl halides is 3. The van der Waals surface area contributed by atoms with Gasteiger partial charge in [-0.05, 0) is 36.0 Å². The van der Waals surface area contributed by atoms with Crippen molar-refractivity contribution in [1.82, 2.24) is 5.16 Å². The molecule has 1 saturated carbocycles. The largest absolute Gasteiger partial charge is 0.437 e. The fourth-order valence-electron chi connectivity index (χ4n) is 2.50. The molecule has 0 amide bonds. The number of hydrogen-bond acceptors (Lipinski definition) is 2. The third-order valence-electron chi connectivity index (χ3n) is 3.64. The minimum absolute atomic E-state index is 0.0711. The number of aromatic nitrogens is 1. The molecular formula is C13H12F3NO. The van der Waals surface area contributed by atoms with Crippen molar-refractivity contribution < 1.29 is 17.7 Å². The van der Waals surface area contributed by atoms with Crippen molar-refractivity contribution in [3.63, 3.8) is 0 Å². The Kier molecular flexibility index (Phi) is 2.40. The summed E-state index contributed by atoms with van der Waals surface area (Å²) in [6.45, 7) is 2.10. The molecule has 0 N–H and O–H groups in total. The zero-order valence-corrected chi connectivity index (χ0v) is 9.79. The Morgan fingerprint density at radius 1 is 1.39 bits per heavy atom. The lowest BCUT2D eigenvalue weighted by atomic mass is 10.1. The minimum atomic E-state index is -4.46. The van der Waals surface area contributed by atoms with Crippen LogP contribution in [0.4, 0.5) is 13.2 Å². The standard InChI is InChI=1S/C13H12F3NO/c1-2-7-5-9(7)8-3-4-11-10(6-8)12(17-18-11)13(14,15)16/h3-4,6-7,9H,2,5H2,1H3/t7?,9-/m0/s1. The lowest BCUT2D eigenvalue weighted by Crippen LogP contribution is -2.05. The van der Waals surface area contributed by atoms with Gasteiger partial charge in [-0.3, -0.25) is 0 Å². The van der Waals surface area contributed by atoms with Crippen molar-refractivity contribution in [3.05, 3.63) is 29.5 Å². The van der Waals surface area contributed by atoms with Crippen molar-refractivity contribution in [2.24, 2.45) is 5.92 Å². The van der Waals surface area contributed by atoms with E-state index in [0.717, 1.165) is 18.4 Å². The summed E-state index contributed by atoms with van der Waals surface area (Å²) in [6, 6.07) is 5.00. The molecule has 5 heteroatoms. The maximum atomic E-state index is 12.7. The monoisotopic (exact) mass is 255 g/mol. The number of halogens is 3. The fraction of sp³-hybridized carbons (Fsp3) is 0.462. The summed E-state index contributed by atoms with van der Waals surface area (Å²) in [4.78, 5) is 0. The number of benzene rings is 1. The predicted octanol–water partition coefficient (Wildman–Crippen LogP) is 4.36. The Labute approximate surface area is 102 Å². The van der Waals surface area contributed by atoms with Crippen LogP contribution in [0.5, 0.6) is 0 Å². The van der Waals surface area contributed by atoms with Crippen LogP contribution in [0.15, 0.2) is 22.7 Å². The second-order valence-corrected chi connectivity index (χ2v) is 4.80. The lowest BCUT2D eigenvalue weighted by molar-refractivity contribution is -0.141. The third-order valence-corrected chi connectivity index (χ3v) is 3.64. The first-order valence-corrected chi connectivity index (χ1v) is 5.97. The summed E-state index contributed by atoms with van der Waals surface area (Å²) in [5.41, 5.74) is 0.232. The van der Waals surface area contributed by atoms with Gasteiger partial charge in [0.05, 0.1) is 5.39 Å². The summed E-state index contributed by atoms with van der Waals surface area (Å²) in [5.74, 6) is 1.01. The molecule has 1 fully saturated rings. The Hall–Kier alpha value is -1.52. The topological polar surface area (TPSA) is 26.0 Å². The normalized spacial score (nSPS) is 23.6. The van der Waals surface area contributed by atoms with Crippen LogP contribution in [0.2, 0.25) is 0 Å². The Bertz CT molecular complexity index is 587. The first kappa shape index (κ1) is 11.6. The summed E-state index contributed by atoms with van der Waals surface area (Å²) in [6.07, 6.45) is -2.33. The highest BCUT2D eigenvalue weighted by Gasteiger charge is 2.39. The van der Waals surface area contributed by atoms with E-state index in [4.69, 9.17) is 4.52 Å². The van der Waals surface area contributed by atoms with Gasteiger partial charge in [0.1, 0.15) is 0 Å². The van der Waals surface area contributed by atoms with Crippen LogP contribution in [0.1, 0.15) is 36.9 Å². The van der Waals surface area contributed by atoms with Crippen LogP contribution in [0, 0.1) is 5.92 Å². The van der Waals surface area contributed by atoms with E-state index >= 15 is 0 Å². The van der Waals surface area contributed by atoms with Crippen molar-refractivity contribution in [3.8, 4) is 0 Å². The Morgan fingerprint density at radius 2 is 2.17 bits per heavy atom. The average Bonchev–Trinajstić information content (AvgIpc) is 2.97. The van der Waals surface area contributed by atoms with Gasteiger partial charge in [-0.2, -0.15) is 13.2 Å². The van der Waals surface area contributed by atoms with Gasteiger partial charge in [0.2, 0.25) is 0 Å². The van der Waals surface area contributed by atoms with E-state index in [-0.39, 0.29) is 11.0 Å². The molecule has 0 bridgehead atoms. The molecule has 1 aliphatic rings. The van der Waals surface area contributed by atoms with Crippen molar-refractivity contribution in [1.29, 1.82) is 0 Å². The minimum Gasteiger partial charge on any atom is -0.356 e. The first-order valence-electron chi connectivity index (χ1n) is 5.97. The highest BCUT2D eigenvalue weighted by Crippen LogP contribution is 2.50. The molecule has 0 aliphatic heterocycles. The van der Waals surface area contributed by atoms with E-state index in [2.05, 4.69) is 12.1 Å². The summed E-state index contributed by atoms with van der Waals surface area (Å²) < 4.78 is 42.9. The van der Waals surface area contributed by atoms with Gasteiger partial charge in [-0.1, -0.05) is 24.6 Å². The molecule has 0 radical (unpaired) electrons. The summed E-state index contributed by atoms with van der Waals surface area (Å²) in [7, 11) is 0. The van der Waals surface area contributed by atoms with E-state index in [0.29, 0.717) is 11.8 Å². The second-order valence-electron chi connectivity index (χ2n) is 4.80. The van der Waals surface area contributed by atoms with Gasteiger partial charge in [0, 0.05) is 0 Å². The molecule has 2 atom stereocenters. The van der Waals surface area contributed by atoms with Gasteiger partial charge in [-0.15, -0.1) is 0 Å². The van der Waals surface area contributed by atoms with Gasteiger partial charge in [0.15, 0.2) is 11.3 Å². The molecule has 3 rings (SSSR count). The van der Waals surface area contributed by atoms with Crippen molar-refractivity contribution in [2.75, 3.05) is 0 Å². The van der Waals surface area contributed by atoms with Crippen LogP contribution in [-0.4, -0.2) is 5.16 Å². The van der Waals surface area contributed by atoms with Crippen LogP contribution >= 0.6 is 0 Å². The van der Waals surface area contributed by atoms with Gasteiger partial charge in [0.25, 0.3) is 0 Å². The van der Waals surface area contributed by atoms with Gasteiger partial charge >= 0.3 is 6.18 Å². The molecular weight excluding hydrogens is 243 g/mol. The fourth-order valence-corrected chi connectivity index (χ4v) is 2.50. The molecule has 2 nitrogen and oxygen atoms in total. The highest BCUT2D eigenvalue weighted by atomic mass is 19.4. The maximum Gasteiger partial charge on any atom is 0.437 e. The molecule has 0 saturated heterocycles. The van der Waals surface area contributed by atoms with E-state index in [1.165, 1.54) is 0 Å². The van der Waals surface area contributed by atoms with Crippen molar-refractivity contribution in [2.45, 2.75) is 31.9 Å². The smallest absolute Gasteiger partial charge is 0.356 e. The average molecular weight is 255 g/mol. The number of rotatable bonds is 2. The molecule has 1 aliphatic carbocycles. The van der Waals surface area contributed by atoms with E-state index in [9.17, 15) is 13.2 Å². The van der Waals surface area contributed by atoms with Crippen LogP contribution in [0.3, 0.4) is 0 Å². The number of hydrogen-bond donors (Lipinski definition) is 0. The maximum absolute atomic E-state index is 12.7. The van der Waals surface area contributed by atoms with Crippen LogP contribution < -0.4 is 0 Å². The quantitative estimate of drug-likeness (QED) is 0.796. The van der Waals surface area contributed by atoms with Crippen molar-refractivity contribution >= 4 is 11.0 Å². The zero-order chi connectivity index (χ0) is 12.9.